The Morgan fingerprint density at radius 1 is 1.53 bits per heavy atom. The third kappa shape index (κ3) is 2.96. The highest BCUT2D eigenvalue weighted by Gasteiger charge is 2.21. The topological polar surface area (TPSA) is 38.5 Å². The quantitative estimate of drug-likeness (QED) is 0.819. The summed E-state index contributed by atoms with van der Waals surface area (Å²) >= 11 is 0. The van der Waals surface area contributed by atoms with Crippen LogP contribution in [0.15, 0.2) is 18.2 Å². The van der Waals surface area contributed by atoms with Crippen LogP contribution in [0.5, 0.6) is 0 Å². The van der Waals surface area contributed by atoms with Gasteiger partial charge < -0.3 is 10.5 Å². The van der Waals surface area contributed by atoms with E-state index >= 15 is 0 Å². The zero-order valence-electron chi connectivity index (χ0n) is 10.2. The van der Waals surface area contributed by atoms with Gasteiger partial charge in [0.05, 0.1) is 13.2 Å². The number of nitrogen functional groups attached to an aromatic ring is 1. The predicted octanol–water partition coefficient (Wildman–Crippen LogP) is 2.02. The number of nitrogens with zero attached hydrogens (tertiary/aromatic N) is 1. The Bertz CT molecular complexity index is 384. The minimum atomic E-state index is -0.226. The lowest BCUT2D eigenvalue weighted by atomic mass is 10.1. The molecular weight excluding hydrogens is 219 g/mol. The Morgan fingerprint density at radius 2 is 2.35 bits per heavy atom. The summed E-state index contributed by atoms with van der Waals surface area (Å²) in [7, 11) is 0. The summed E-state index contributed by atoms with van der Waals surface area (Å²) in [6.07, 6.45) is 1.04. The van der Waals surface area contributed by atoms with Gasteiger partial charge in [-0.2, -0.15) is 0 Å². The molecule has 1 aromatic carbocycles. The maximum absolute atomic E-state index is 13.2. The first kappa shape index (κ1) is 12.3. The highest BCUT2D eigenvalue weighted by Crippen LogP contribution is 2.19. The van der Waals surface area contributed by atoms with E-state index in [1.807, 2.05) is 0 Å². The lowest BCUT2D eigenvalue weighted by Gasteiger charge is -2.35. The molecule has 4 heteroatoms. The molecule has 1 heterocycles. The number of morpholine rings is 1. The fourth-order valence-corrected chi connectivity index (χ4v) is 2.20. The molecule has 0 amide bonds. The van der Waals surface area contributed by atoms with Gasteiger partial charge in [-0.05, 0) is 30.2 Å². The van der Waals surface area contributed by atoms with E-state index in [-0.39, 0.29) is 5.82 Å². The fourth-order valence-electron chi connectivity index (χ4n) is 2.20. The van der Waals surface area contributed by atoms with Crippen molar-refractivity contribution in [3.63, 3.8) is 0 Å². The number of rotatable bonds is 3. The van der Waals surface area contributed by atoms with Crippen molar-refractivity contribution in [2.24, 2.45) is 0 Å². The van der Waals surface area contributed by atoms with Crippen molar-refractivity contribution >= 4 is 5.69 Å². The monoisotopic (exact) mass is 238 g/mol. The molecule has 1 aromatic rings. The standard InChI is InChI=1S/C13H19FN2O/c1-2-12-9-17-6-5-16(12)8-10-7-11(14)3-4-13(10)15/h3-4,7,12H,2,5-6,8-9,15H2,1H3. The van der Waals surface area contributed by atoms with Crippen molar-refractivity contribution in [2.75, 3.05) is 25.5 Å². The molecule has 1 unspecified atom stereocenters. The van der Waals surface area contributed by atoms with Crippen LogP contribution in [0.2, 0.25) is 0 Å². The van der Waals surface area contributed by atoms with Gasteiger partial charge in [0.15, 0.2) is 0 Å². The van der Waals surface area contributed by atoms with E-state index in [1.54, 1.807) is 6.07 Å². The number of halogens is 1. The van der Waals surface area contributed by atoms with Crippen molar-refractivity contribution in [2.45, 2.75) is 25.9 Å². The molecule has 2 rings (SSSR count). The van der Waals surface area contributed by atoms with E-state index in [9.17, 15) is 4.39 Å². The fraction of sp³-hybridized carbons (Fsp3) is 0.538. The number of benzene rings is 1. The van der Waals surface area contributed by atoms with Gasteiger partial charge in [-0.3, -0.25) is 4.90 Å². The Morgan fingerprint density at radius 3 is 3.12 bits per heavy atom. The minimum Gasteiger partial charge on any atom is -0.398 e. The molecule has 2 N–H and O–H groups in total. The predicted molar refractivity (Wildman–Crippen MR) is 66.1 cm³/mol. The third-order valence-corrected chi connectivity index (χ3v) is 3.30. The minimum absolute atomic E-state index is 0.226. The van der Waals surface area contributed by atoms with Crippen molar-refractivity contribution in [3.8, 4) is 0 Å². The number of nitrogens with two attached hydrogens (primary N) is 1. The van der Waals surface area contributed by atoms with Gasteiger partial charge in [-0.15, -0.1) is 0 Å². The molecule has 0 saturated carbocycles. The Kier molecular flexibility index (Phi) is 3.97. The van der Waals surface area contributed by atoms with Crippen molar-refractivity contribution in [1.82, 2.24) is 4.90 Å². The molecule has 94 valence electrons. The largest absolute Gasteiger partial charge is 0.398 e. The van der Waals surface area contributed by atoms with Crippen molar-refractivity contribution < 1.29 is 9.13 Å². The molecule has 1 atom stereocenters. The SMILES string of the molecule is CCC1COCCN1Cc1cc(F)ccc1N. The van der Waals surface area contributed by atoms with Crippen LogP contribution in [0.1, 0.15) is 18.9 Å². The second-order valence-electron chi connectivity index (χ2n) is 4.45. The summed E-state index contributed by atoms with van der Waals surface area (Å²) in [5, 5.41) is 0. The van der Waals surface area contributed by atoms with Crippen molar-refractivity contribution in [3.05, 3.63) is 29.6 Å². The molecule has 0 radical (unpaired) electrons. The summed E-state index contributed by atoms with van der Waals surface area (Å²) in [6.45, 7) is 5.22. The maximum atomic E-state index is 13.2. The molecule has 1 saturated heterocycles. The molecule has 0 spiro atoms. The summed E-state index contributed by atoms with van der Waals surface area (Å²) in [4.78, 5) is 2.31. The van der Waals surface area contributed by atoms with Gasteiger partial charge in [-0.1, -0.05) is 6.92 Å². The molecule has 0 bridgehead atoms. The first-order valence-electron chi connectivity index (χ1n) is 6.06. The van der Waals surface area contributed by atoms with Crippen LogP contribution in [0.3, 0.4) is 0 Å². The van der Waals surface area contributed by atoms with Crippen LogP contribution >= 0.6 is 0 Å². The summed E-state index contributed by atoms with van der Waals surface area (Å²) in [6, 6.07) is 4.96. The maximum Gasteiger partial charge on any atom is 0.123 e. The van der Waals surface area contributed by atoms with E-state index in [1.165, 1.54) is 12.1 Å². The lowest BCUT2D eigenvalue weighted by Crippen LogP contribution is -2.44. The summed E-state index contributed by atoms with van der Waals surface area (Å²) in [5.74, 6) is -0.226. The first-order chi connectivity index (χ1) is 8.20. The molecule has 1 aliphatic heterocycles. The van der Waals surface area contributed by atoms with E-state index in [0.29, 0.717) is 18.3 Å². The van der Waals surface area contributed by atoms with E-state index in [4.69, 9.17) is 10.5 Å². The van der Waals surface area contributed by atoms with Crippen LogP contribution < -0.4 is 5.73 Å². The van der Waals surface area contributed by atoms with Gasteiger partial charge >= 0.3 is 0 Å². The Hall–Kier alpha value is -1.13. The number of anilines is 1. The van der Waals surface area contributed by atoms with Crippen LogP contribution in [-0.4, -0.2) is 30.7 Å². The zero-order valence-corrected chi connectivity index (χ0v) is 10.2. The average molecular weight is 238 g/mol. The average Bonchev–Trinajstić information content (AvgIpc) is 2.34. The second kappa shape index (κ2) is 5.47. The highest BCUT2D eigenvalue weighted by molar-refractivity contribution is 5.46. The zero-order chi connectivity index (χ0) is 12.3. The normalized spacial score (nSPS) is 21.6. The van der Waals surface area contributed by atoms with Gasteiger partial charge in [0.1, 0.15) is 5.82 Å². The van der Waals surface area contributed by atoms with E-state index in [2.05, 4.69) is 11.8 Å². The molecule has 3 nitrogen and oxygen atoms in total. The van der Waals surface area contributed by atoms with Gasteiger partial charge in [0.2, 0.25) is 0 Å². The molecular formula is C13H19FN2O. The van der Waals surface area contributed by atoms with Crippen molar-refractivity contribution in [1.29, 1.82) is 0 Å². The van der Waals surface area contributed by atoms with Crippen LogP contribution in [0.25, 0.3) is 0 Å². The highest BCUT2D eigenvalue weighted by atomic mass is 19.1. The van der Waals surface area contributed by atoms with Gasteiger partial charge in [-0.25, -0.2) is 4.39 Å². The van der Waals surface area contributed by atoms with Gasteiger partial charge in [0, 0.05) is 24.8 Å². The number of hydrogen-bond donors (Lipinski definition) is 1. The summed E-state index contributed by atoms with van der Waals surface area (Å²) < 4.78 is 18.6. The number of ether oxygens (including phenoxy) is 1. The third-order valence-electron chi connectivity index (χ3n) is 3.30. The first-order valence-corrected chi connectivity index (χ1v) is 6.06. The Balaban J connectivity index is 2.10. The van der Waals surface area contributed by atoms with Gasteiger partial charge in [0.25, 0.3) is 0 Å². The molecule has 1 aliphatic rings. The lowest BCUT2D eigenvalue weighted by molar-refractivity contribution is -0.0126. The van der Waals surface area contributed by atoms with Crippen LogP contribution in [0.4, 0.5) is 10.1 Å². The van der Waals surface area contributed by atoms with Crippen LogP contribution in [-0.2, 0) is 11.3 Å². The summed E-state index contributed by atoms with van der Waals surface area (Å²) in [5.41, 5.74) is 7.39. The van der Waals surface area contributed by atoms with Crippen LogP contribution in [0, 0.1) is 5.82 Å². The molecule has 17 heavy (non-hydrogen) atoms. The van der Waals surface area contributed by atoms with E-state index in [0.717, 1.165) is 31.7 Å². The molecule has 1 fully saturated rings. The Labute approximate surface area is 101 Å². The van der Waals surface area contributed by atoms with E-state index < -0.39 is 0 Å². The molecule has 0 aliphatic carbocycles. The smallest absolute Gasteiger partial charge is 0.123 e. The number of hydrogen-bond acceptors (Lipinski definition) is 3. The molecule has 0 aromatic heterocycles. The second-order valence-corrected chi connectivity index (χ2v) is 4.45.